The number of hydrogen-bond acceptors (Lipinski definition) is 2. The molecule has 3 aliphatic carbocycles. The first-order valence-electron chi connectivity index (χ1n) is 10.1. The topological polar surface area (TPSA) is 18.5 Å². The molecule has 3 saturated carbocycles. The van der Waals surface area contributed by atoms with Crippen LogP contribution in [0.5, 0.6) is 11.5 Å². The molecule has 5 rings (SSSR count). The molecule has 2 heteroatoms. The SMILES string of the molecule is COc1ccc(C2(c3ccc(OC)cc3)C3CCC2C2CCCC23)cc1. The fraction of sp³-hybridized carbons (Fsp3) is 0.500. The second-order valence-corrected chi connectivity index (χ2v) is 8.37. The monoisotopic (exact) mass is 348 g/mol. The lowest BCUT2D eigenvalue weighted by molar-refractivity contribution is 0.259. The molecule has 0 saturated heterocycles. The Labute approximate surface area is 156 Å². The summed E-state index contributed by atoms with van der Waals surface area (Å²) in [5, 5.41) is 0. The molecule has 4 atom stereocenters. The molecule has 0 amide bonds. The summed E-state index contributed by atoms with van der Waals surface area (Å²) in [6.45, 7) is 0. The molecule has 2 aromatic rings. The summed E-state index contributed by atoms with van der Waals surface area (Å²) in [7, 11) is 3.50. The molecule has 0 spiro atoms. The van der Waals surface area contributed by atoms with Crippen molar-refractivity contribution in [1.29, 1.82) is 0 Å². The van der Waals surface area contributed by atoms with E-state index in [4.69, 9.17) is 9.47 Å². The Kier molecular flexibility index (Phi) is 3.77. The Hall–Kier alpha value is -1.96. The summed E-state index contributed by atoms with van der Waals surface area (Å²) >= 11 is 0. The van der Waals surface area contributed by atoms with Crippen LogP contribution in [0.1, 0.15) is 43.2 Å². The molecule has 0 radical (unpaired) electrons. The molecule has 3 fully saturated rings. The fourth-order valence-corrected chi connectivity index (χ4v) is 6.97. The van der Waals surface area contributed by atoms with Gasteiger partial charge in [0.1, 0.15) is 11.5 Å². The summed E-state index contributed by atoms with van der Waals surface area (Å²) in [6.07, 6.45) is 7.05. The molecule has 2 bridgehead atoms. The van der Waals surface area contributed by atoms with Crippen LogP contribution >= 0.6 is 0 Å². The minimum absolute atomic E-state index is 0.175. The van der Waals surface area contributed by atoms with Crippen LogP contribution in [-0.4, -0.2) is 14.2 Å². The Balaban J connectivity index is 1.68. The van der Waals surface area contributed by atoms with Crippen molar-refractivity contribution in [1.82, 2.24) is 0 Å². The van der Waals surface area contributed by atoms with Crippen LogP contribution < -0.4 is 9.47 Å². The highest BCUT2D eigenvalue weighted by atomic mass is 16.5. The van der Waals surface area contributed by atoms with Gasteiger partial charge in [-0.15, -0.1) is 0 Å². The van der Waals surface area contributed by atoms with Crippen molar-refractivity contribution in [2.75, 3.05) is 14.2 Å². The zero-order chi connectivity index (χ0) is 17.7. The molecule has 0 aliphatic heterocycles. The lowest BCUT2D eigenvalue weighted by Gasteiger charge is -2.38. The number of hydrogen-bond donors (Lipinski definition) is 0. The van der Waals surface area contributed by atoms with Crippen molar-refractivity contribution in [3.63, 3.8) is 0 Å². The van der Waals surface area contributed by atoms with Gasteiger partial charge in [-0.05, 0) is 84.7 Å². The van der Waals surface area contributed by atoms with E-state index in [1.54, 1.807) is 14.2 Å². The molecule has 26 heavy (non-hydrogen) atoms. The molecule has 3 aliphatic rings. The first kappa shape index (κ1) is 16.2. The summed E-state index contributed by atoms with van der Waals surface area (Å²) in [4.78, 5) is 0. The lowest BCUT2D eigenvalue weighted by Crippen LogP contribution is -2.35. The Morgan fingerprint density at radius 1 is 0.654 bits per heavy atom. The van der Waals surface area contributed by atoms with Gasteiger partial charge in [-0.1, -0.05) is 30.7 Å². The van der Waals surface area contributed by atoms with Crippen LogP contribution in [-0.2, 0) is 5.41 Å². The molecule has 4 unspecified atom stereocenters. The average Bonchev–Trinajstić information content (AvgIpc) is 3.39. The highest BCUT2D eigenvalue weighted by Crippen LogP contribution is 2.70. The van der Waals surface area contributed by atoms with Crippen molar-refractivity contribution >= 4 is 0 Å². The lowest BCUT2D eigenvalue weighted by atomic mass is 9.65. The Morgan fingerprint density at radius 2 is 1.08 bits per heavy atom. The zero-order valence-electron chi connectivity index (χ0n) is 15.8. The molecule has 0 N–H and O–H groups in total. The quantitative estimate of drug-likeness (QED) is 0.732. The standard InChI is InChI=1S/C24H28O2/c1-25-18-10-6-16(7-11-18)24(17-8-12-19(26-2)13-9-17)22-14-15-23(24)21-5-3-4-20(21)22/h6-13,20-23H,3-5,14-15H2,1-2H3. The van der Waals surface area contributed by atoms with Crippen LogP contribution in [0, 0.1) is 23.7 Å². The predicted octanol–water partition coefficient (Wildman–Crippen LogP) is 5.45. The second-order valence-electron chi connectivity index (χ2n) is 8.37. The van der Waals surface area contributed by atoms with Gasteiger partial charge in [-0.25, -0.2) is 0 Å². The fourth-order valence-electron chi connectivity index (χ4n) is 6.97. The van der Waals surface area contributed by atoms with E-state index in [0.717, 1.165) is 35.2 Å². The van der Waals surface area contributed by atoms with Crippen LogP contribution in [0.15, 0.2) is 48.5 Å². The maximum atomic E-state index is 5.43. The normalized spacial score (nSPS) is 31.0. The smallest absolute Gasteiger partial charge is 0.118 e. The number of rotatable bonds is 4. The van der Waals surface area contributed by atoms with E-state index in [2.05, 4.69) is 48.5 Å². The third kappa shape index (κ3) is 2.05. The number of methoxy groups -OCH3 is 2. The van der Waals surface area contributed by atoms with E-state index in [-0.39, 0.29) is 5.41 Å². The number of ether oxygens (including phenoxy) is 2. The van der Waals surface area contributed by atoms with Crippen LogP contribution in [0.4, 0.5) is 0 Å². The Morgan fingerprint density at radius 3 is 1.46 bits per heavy atom. The van der Waals surface area contributed by atoms with Gasteiger partial charge in [0.25, 0.3) is 0 Å². The van der Waals surface area contributed by atoms with Gasteiger partial charge < -0.3 is 9.47 Å². The highest BCUT2D eigenvalue weighted by Gasteiger charge is 2.65. The second kappa shape index (κ2) is 6.04. The van der Waals surface area contributed by atoms with Crippen LogP contribution in [0.2, 0.25) is 0 Å². The maximum absolute atomic E-state index is 5.43. The van der Waals surface area contributed by atoms with Crippen LogP contribution in [0.3, 0.4) is 0 Å². The minimum Gasteiger partial charge on any atom is -0.497 e. The molecule has 2 aromatic carbocycles. The third-order valence-corrected chi connectivity index (χ3v) is 7.75. The van der Waals surface area contributed by atoms with E-state index >= 15 is 0 Å². The van der Waals surface area contributed by atoms with Crippen molar-refractivity contribution in [3.05, 3.63) is 59.7 Å². The minimum atomic E-state index is 0.175. The van der Waals surface area contributed by atoms with Gasteiger partial charge in [-0.3, -0.25) is 0 Å². The van der Waals surface area contributed by atoms with Crippen molar-refractivity contribution in [2.45, 2.75) is 37.5 Å². The first-order valence-corrected chi connectivity index (χ1v) is 10.1. The van der Waals surface area contributed by atoms with Crippen molar-refractivity contribution < 1.29 is 9.47 Å². The molecular formula is C24H28O2. The highest BCUT2D eigenvalue weighted by molar-refractivity contribution is 5.48. The molecule has 136 valence electrons. The van der Waals surface area contributed by atoms with Crippen LogP contribution in [0.25, 0.3) is 0 Å². The average molecular weight is 348 g/mol. The largest absolute Gasteiger partial charge is 0.497 e. The number of benzene rings is 2. The van der Waals surface area contributed by atoms with Gasteiger partial charge in [0.2, 0.25) is 0 Å². The van der Waals surface area contributed by atoms with E-state index in [1.165, 1.54) is 43.2 Å². The summed E-state index contributed by atoms with van der Waals surface area (Å²) < 4.78 is 10.9. The zero-order valence-corrected chi connectivity index (χ0v) is 15.8. The molecular weight excluding hydrogens is 320 g/mol. The number of fused-ring (bicyclic) bond motifs is 5. The first-order chi connectivity index (χ1) is 12.8. The third-order valence-electron chi connectivity index (χ3n) is 7.75. The molecule has 2 nitrogen and oxygen atoms in total. The van der Waals surface area contributed by atoms with E-state index in [0.29, 0.717) is 0 Å². The van der Waals surface area contributed by atoms with Gasteiger partial charge in [0.05, 0.1) is 14.2 Å². The molecule has 0 aromatic heterocycles. The van der Waals surface area contributed by atoms with E-state index in [9.17, 15) is 0 Å². The van der Waals surface area contributed by atoms with Gasteiger partial charge in [0, 0.05) is 5.41 Å². The van der Waals surface area contributed by atoms with E-state index in [1.807, 2.05) is 0 Å². The van der Waals surface area contributed by atoms with Crippen molar-refractivity contribution in [2.24, 2.45) is 23.7 Å². The van der Waals surface area contributed by atoms with Gasteiger partial charge in [0.15, 0.2) is 0 Å². The summed E-state index contributed by atoms with van der Waals surface area (Å²) in [6, 6.07) is 17.9. The Bertz CT molecular complexity index is 709. The molecule has 0 heterocycles. The predicted molar refractivity (Wildman–Crippen MR) is 104 cm³/mol. The van der Waals surface area contributed by atoms with Gasteiger partial charge >= 0.3 is 0 Å². The summed E-state index contributed by atoms with van der Waals surface area (Å²) in [5.41, 5.74) is 3.16. The van der Waals surface area contributed by atoms with E-state index < -0.39 is 0 Å². The van der Waals surface area contributed by atoms with Gasteiger partial charge in [-0.2, -0.15) is 0 Å². The summed E-state index contributed by atoms with van der Waals surface area (Å²) in [5.74, 6) is 5.29. The van der Waals surface area contributed by atoms with Crippen molar-refractivity contribution in [3.8, 4) is 11.5 Å². The maximum Gasteiger partial charge on any atom is 0.118 e.